The fourth-order valence-corrected chi connectivity index (χ4v) is 4.06. The summed E-state index contributed by atoms with van der Waals surface area (Å²) in [7, 11) is 0. The van der Waals surface area contributed by atoms with E-state index in [1.165, 1.54) is 17.0 Å². The molecule has 138 valence electrons. The van der Waals surface area contributed by atoms with Crippen LogP contribution in [0.1, 0.15) is 10.6 Å². The highest BCUT2D eigenvalue weighted by Gasteiger charge is 2.25. The minimum absolute atomic E-state index is 0.109. The molecule has 1 saturated heterocycles. The minimum atomic E-state index is -0.113. The van der Waals surface area contributed by atoms with E-state index in [1.54, 1.807) is 28.8 Å². The number of piperazine rings is 1. The number of amides is 2. The molecular formula is C21H20N2O3S. The third-order valence-corrected chi connectivity index (χ3v) is 5.71. The molecule has 0 spiro atoms. The van der Waals surface area contributed by atoms with Crippen molar-refractivity contribution in [3.05, 3.63) is 66.6 Å². The fourth-order valence-electron chi connectivity index (χ4n) is 3.21. The molecule has 5 nitrogen and oxygen atoms in total. The molecule has 0 saturated carbocycles. The number of carbonyl (C=O) groups excluding carboxylic acids is 2. The van der Waals surface area contributed by atoms with Gasteiger partial charge in [0.25, 0.3) is 5.91 Å². The smallest absolute Gasteiger partial charge is 0.289 e. The summed E-state index contributed by atoms with van der Waals surface area (Å²) in [6.07, 6.45) is 1.50. The topological polar surface area (TPSA) is 53.8 Å². The molecule has 3 aromatic rings. The van der Waals surface area contributed by atoms with Crippen molar-refractivity contribution >= 4 is 34.3 Å². The van der Waals surface area contributed by atoms with Gasteiger partial charge in [-0.1, -0.05) is 30.3 Å². The first-order chi connectivity index (χ1) is 13.2. The fraction of sp³-hybridized carbons (Fsp3) is 0.238. The molecule has 2 aromatic carbocycles. The standard InChI is InChI=1S/C21H20N2O3S/c24-20(15-27-18-8-7-16-4-1-2-5-17(16)14-18)22-9-11-23(12-10-22)21(25)19-6-3-13-26-19/h1-8,13-14H,9-12,15H2. The van der Waals surface area contributed by atoms with E-state index >= 15 is 0 Å². The first-order valence-corrected chi connectivity index (χ1v) is 9.91. The van der Waals surface area contributed by atoms with E-state index in [4.69, 9.17) is 4.42 Å². The van der Waals surface area contributed by atoms with Crippen molar-refractivity contribution in [2.45, 2.75) is 4.90 Å². The van der Waals surface area contributed by atoms with Gasteiger partial charge in [0.15, 0.2) is 5.76 Å². The average Bonchev–Trinajstić information content (AvgIpc) is 3.26. The first kappa shape index (κ1) is 17.7. The molecule has 0 aliphatic carbocycles. The lowest BCUT2D eigenvalue weighted by Crippen LogP contribution is -2.51. The van der Waals surface area contributed by atoms with Crippen LogP contribution >= 0.6 is 11.8 Å². The van der Waals surface area contributed by atoms with Gasteiger partial charge in [-0.15, -0.1) is 11.8 Å². The van der Waals surface area contributed by atoms with Gasteiger partial charge in [0, 0.05) is 31.1 Å². The van der Waals surface area contributed by atoms with Gasteiger partial charge >= 0.3 is 0 Å². The quantitative estimate of drug-likeness (QED) is 0.650. The summed E-state index contributed by atoms with van der Waals surface area (Å²) >= 11 is 1.56. The van der Waals surface area contributed by atoms with Crippen molar-refractivity contribution in [1.82, 2.24) is 9.80 Å². The molecule has 2 amide bonds. The maximum Gasteiger partial charge on any atom is 0.289 e. The second kappa shape index (κ2) is 7.88. The number of furan rings is 1. The van der Waals surface area contributed by atoms with E-state index in [0.717, 1.165) is 4.90 Å². The summed E-state index contributed by atoms with van der Waals surface area (Å²) in [4.78, 5) is 29.5. The number of fused-ring (bicyclic) bond motifs is 1. The van der Waals surface area contributed by atoms with Crippen LogP contribution in [-0.2, 0) is 4.79 Å². The van der Waals surface area contributed by atoms with Crippen LogP contribution < -0.4 is 0 Å². The van der Waals surface area contributed by atoms with Crippen LogP contribution in [-0.4, -0.2) is 53.5 Å². The van der Waals surface area contributed by atoms with Crippen LogP contribution in [0.5, 0.6) is 0 Å². The minimum Gasteiger partial charge on any atom is -0.459 e. The second-order valence-electron chi connectivity index (χ2n) is 6.45. The molecule has 1 aromatic heterocycles. The van der Waals surface area contributed by atoms with Crippen molar-refractivity contribution in [2.75, 3.05) is 31.9 Å². The average molecular weight is 380 g/mol. The Morgan fingerprint density at radius 2 is 1.63 bits per heavy atom. The molecule has 6 heteroatoms. The van der Waals surface area contributed by atoms with Crippen LogP contribution in [0.4, 0.5) is 0 Å². The van der Waals surface area contributed by atoms with E-state index in [1.807, 2.05) is 17.0 Å². The number of thioether (sulfide) groups is 1. The second-order valence-corrected chi connectivity index (χ2v) is 7.50. The number of nitrogens with zero attached hydrogens (tertiary/aromatic N) is 2. The summed E-state index contributed by atoms with van der Waals surface area (Å²) < 4.78 is 5.17. The van der Waals surface area contributed by atoms with Crippen molar-refractivity contribution < 1.29 is 14.0 Å². The van der Waals surface area contributed by atoms with Crippen LogP contribution in [0.25, 0.3) is 10.8 Å². The van der Waals surface area contributed by atoms with Crippen molar-refractivity contribution in [3.8, 4) is 0 Å². The molecule has 4 rings (SSSR count). The molecule has 0 atom stereocenters. The third kappa shape index (κ3) is 4.01. The zero-order valence-electron chi connectivity index (χ0n) is 14.8. The maximum absolute atomic E-state index is 12.5. The van der Waals surface area contributed by atoms with E-state index in [9.17, 15) is 9.59 Å². The largest absolute Gasteiger partial charge is 0.459 e. The normalized spacial score (nSPS) is 14.5. The lowest BCUT2D eigenvalue weighted by molar-refractivity contribution is -0.129. The number of hydrogen-bond acceptors (Lipinski definition) is 4. The highest BCUT2D eigenvalue weighted by Crippen LogP contribution is 2.24. The molecule has 1 aliphatic rings. The number of carbonyl (C=O) groups is 2. The van der Waals surface area contributed by atoms with Crippen molar-refractivity contribution in [2.24, 2.45) is 0 Å². The summed E-state index contributed by atoms with van der Waals surface area (Å²) in [5.74, 6) is 0.752. The number of benzene rings is 2. The predicted molar refractivity (Wildman–Crippen MR) is 106 cm³/mol. The lowest BCUT2D eigenvalue weighted by atomic mass is 10.1. The molecule has 2 heterocycles. The Bertz CT molecular complexity index is 947. The van der Waals surface area contributed by atoms with Gasteiger partial charge < -0.3 is 14.2 Å². The number of hydrogen-bond donors (Lipinski definition) is 0. The Balaban J connectivity index is 1.29. The van der Waals surface area contributed by atoms with Gasteiger partial charge in [0.2, 0.25) is 5.91 Å². The highest BCUT2D eigenvalue weighted by atomic mass is 32.2. The maximum atomic E-state index is 12.5. The molecule has 1 fully saturated rings. The van der Waals surface area contributed by atoms with Crippen LogP contribution in [0.3, 0.4) is 0 Å². The SMILES string of the molecule is O=C(CSc1ccc2ccccc2c1)N1CCN(C(=O)c2ccco2)CC1. The summed E-state index contributed by atoms with van der Waals surface area (Å²) in [6, 6.07) is 17.8. The molecule has 0 radical (unpaired) electrons. The molecule has 27 heavy (non-hydrogen) atoms. The van der Waals surface area contributed by atoms with Crippen LogP contribution in [0.2, 0.25) is 0 Å². The molecule has 1 aliphatic heterocycles. The van der Waals surface area contributed by atoms with Gasteiger partial charge in [-0.3, -0.25) is 9.59 Å². The van der Waals surface area contributed by atoms with Gasteiger partial charge in [0.1, 0.15) is 0 Å². The first-order valence-electron chi connectivity index (χ1n) is 8.93. The van der Waals surface area contributed by atoms with Crippen LogP contribution in [0.15, 0.2) is 70.2 Å². The summed E-state index contributed by atoms with van der Waals surface area (Å²) in [5.41, 5.74) is 0. The molecular weight excluding hydrogens is 360 g/mol. The van der Waals surface area contributed by atoms with E-state index < -0.39 is 0 Å². The van der Waals surface area contributed by atoms with Gasteiger partial charge in [-0.05, 0) is 35.0 Å². The Morgan fingerprint density at radius 3 is 2.37 bits per heavy atom. The van der Waals surface area contributed by atoms with Gasteiger partial charge in [0.05, 0.1) is 12.0 Å². The van der Waals surface area contributed by atoms with Crippen LogP contribution in [0, 0.1) is 0 Å². The Hall–Kier alpha value is -2.73. The van der Waals surface area contributed by atoms with E-state index in [0.29, 0.717) is 37.7 Å². The predicted octanol–water partition coefficient (Wildman–Crippen LogP) is 3.51. The van der Waals surface area contributed by atoms with Gasteiger partial charge in [-0.25, -0.2) is 0 Å². The van der Waals surface area contributed by atoms with Crippen molar-refractivity contribution in [1.29, 1.82) is 0 Å². The monoisotopic (exact) mass is 380 g/mol. The van der Waals surface area contributed by atoms with E-state index in [-0.39, 0.29) is 11.8 Å². The number of rotatable bonds is 4. The Morgan fingerprint density at radius 1 is 0.889 bits per heavy atom. The zero-order chi connectivity index (χ0) is 18.6. The van der Waals surface area contributed by atoms with Gasteiger partial charge in [-0.2, -0.15) is 0 Å². The van der Waals surface area contributed by atoms with E-state index in [2.05, 4.69) is 30.3 Å². The Kier molecular flexibility index (Phi) is 5.16. The summed E-state index contributed by atoms with van der Waals surface area (Å²) in [5, 5.41) is 2.38. The zero-order valence-corrected chi connectivity index (χ0v) is 15.7. The third-order valence-electron chi connectivity index (χ3n) is 4.73. The molecule has 0 N–H and O–H groups in total. The lowest BCUT2D eigenvalue weighted by Gasteiger charge is -2.34. The van der Waals surface area contributed by atoms with Crippen molar-refractivity contribution in [3.63, 3.8) is 0 Å². The molecule has 0 bridgehead atoms. The molecule has 0 unspecified atom stereocenters. The summed E-state index contributed by atoms with van der Waals surface area (Å²) in [6.45, 7) is 2.19. The Labute approximate surface area is 161 Å². The highest BCUT2D eigenvalue weighted by molar-refractivity contribution is 8.00.